The summed E-state index contributed by atoms with van der Waals surface area (Å²) >= 11 is 6.04. The standard InChI is InChI=1S/C15H19ClFNO/c1-11-5-6-12(9-13(11)17)14(19)18-15(10-16)7-3-2-4-8-15/h5-6,9H,2-4,7-8,10H2,1H3,(H,18,19). The van der Waals surface area contributed by atoms with Crippen molar-refractivity contribution in [3.8, 4) is 0 Å². The Labute approximate surface area is 118 Å². The van der Waals surface area contributed by atoms with Gasteiger partial charge in [0, 0.05) is 11.4 Å². The molecule has 0 saturated heterocycles. The molecule has 2 rings (SSSR count). The van der Waals surface area contributed by atoms with E-state index in [1.165, 1.54) is 12.5 Å². The Kier molecular flexibility index (Phi) is 4.46. The van der Waals surface area contributed by atoms with E-state index in [-0.39, 0.29) is 17.3 Å². The van der Waals surface area contributed by atoms with Gasteiger partial charge in [-0.05, 0) is 37.5 Å². The third-order valence-corrected chi connectivity index (χ3v) is 4.39. The van der Waals surface area contributed by atoms with Crippen LogP contribution in [0.2, 0.25) is 0 Å². The molecule has 1 fully saturated rings. The molecule has 1 aliphatic carbocycles. The minimum Gasteiger partial charge on any atom is -0.345 e. The van der Waals surface area contributed by atoms with Crippen LogP contribution < -0.4 is 5.32 Å². The van der Waals surface area contributed by atoms with Crippen molar-refractivity contribution in [2.75, 3.05) is 5.88 Å². The molecule has 0 bridgehead atoms. The van der Waals surface area contributed by atoms with Gasteiger partial charge in [-0.15, -0.1) is 11.6 Å². The van der Waals surface area contributed by atoms with Crippen LogP contribution in [0, 0.1) is 12.7 Å². The lowest BCUT2D eigenvalue weighted by molar-refractivity contribution is 0.0884. The van der Waals surface area contributed by atoms with Crippen LogP contribution >= 0.6 is 11.6 Å². The van der Waals surface area contributed by atoms with Crippen molar-refractivity contribution in [2.24, 2.45) is 0 Å². The molecule has 4 heteroatoms. The second-order valence-electron chi connectivity index (χ2n) is 5.39. The largest absolute Gasteiger partial charge is 0.345 e. The lowest BCUT2D eigenvalue weighted by Gasteiger charge is -2.36. The fourth-order valence-electron chi connectivity index (χ4n) is 2.57. The average Bonchev–Trinajstić information content (AvgIpc) is 2.43. The lowest BCUT2D eigenvalue weighted by Crippen LogP contribution is -2.51. The summed E-state index contributed by atoms with van der Waals surface area (Å²) in [5.41, 5.74) is 0.581. The van der Waals surface area contributed by atoms with Gasteiger partial charge in [0.2, 0.25) is 0 Å². The van der Waals surface area contributed by atoms with Gasteiger partial charge in [-0.25, -0.2) is 4.39 Å². The maximum Gasteiger partial charge on any atom is 0.251 e. The van der Waals surface area contributed by atoms with Crippen molar-refractivity contribution in [2.45, 2.75) is 44.6 Å². The van der Waals surface area contributed by atoms with E-state index in [0.717, 1.165) is 25.7 Å². The summed E-state index contributed by atoms with van der Waals surface area (Å²) in [4.78, 5) is 12.2. The molecule has 0 aliphatic heterocycles. The van der Waals surface area contributed by atoms with Crippen molar-refractivity contribution >= 4 is 17.5 Å². The number of halogens is 2. The van der Waals surface area contributed by atoms with E-state index in [4.69, 9.17) is 11.6 Å². The number of carbonyl (C=O) groups excluding carboxylic acids is 1. The van der Waals surface area contributed by atoms with Gasteiger partial charge in [0.25, 0.3) is 5.91 Å². The quantitative estimate of drug-likeness (QED) is 0.840. The zero-order valence-corrected chi connectivity index (χ0v) is 11.9. The van der Waals surface area contributed by atoms with Gasteiger partial charge < -0.3 is 5.32 Å². The highest BCUT2D eigenvalue weighted by atomic mass is 35.5. The third-order valence-electron chi connectivity index (χ3n) is 3.88. The molecule has 104 valence electrons. The van der Waals surface area contributed by atoms with Crippen LogP contribution in [-0.2, 0) is 0 Å². The van der Waals surface area contributed by atoms with Gasteiger partial charge in [-0.2, -0.15) is 0 Å². The zero-order chi connectivity index (χ0) is 13.9. The molecular formula is C15H19ClFNO. The summed E-state index contributed by atoms with van der Waals surface area (Å²) in [6, 6.07) is 4.56. The maximum atomic E-state index is 13.5. The fourth-order valence-corrected chi connectivity index (χ4v) is 2.90. The SMILES string of the molecule is Cc1ccc(C(=O)NC2(CCl)CCCCC2)cc1F. The van der Waals surface area contributed by atoms with Crippen LogP contribution in [0.15, 0.2) is 18.2 Å². The molecule has 2 nitrogen and oxygen atoms in total. The molecule has 1 saturated carbocycles. The predicted molar refractivity (Wildman–Crippen MR) is 75.1 cm³/mol. The number of alkyl halides is 1. The highest BCUT2D eigenvalue weighted by molar-refractivity contribution is 6.19. The van der Waals surface area contributed by atoms with E-state index >= 15 is 0 Å². The van der Waals surface area contributed by atoms with Crippen molar-refractivity contribution in [1.29, 1.82) is 0 Å². The van der Waals surface area contributed by atoms with Gasteiger partial charge in [0.05, 0.1) is 5.54 Å². The molecule has 0 spiro atoms. The van der Waals surface area contributed by atoms with E-state index in [2.05, 4.69) is 5.32 Å². The number of rotatable bonds is 3. The van der Waals surface area contributed by atoms with Crippen LogP contribution in [0.4, 0.5) is 4.39 Å². The number of carbonyl (C=O) groups is 1. The van der Waals surface area contributed by atoms with Gasteiger partial charge in [0.1, 0.15) is 5.82 Å². The summed E-state index contributed by atoms with van der Waals surface area (Å²) in [5.74, 6) is -0.176. The monoisotopic (exact) mass is 283 g/mol. The normalized spacial score (nSPS) is 18.1. The van der Waals surface area contributed by atoms with Gasteiger partial charge >= 0.3 is 0 Å². The first-order valence-corrected chi connectivity index (χ1v) is 7.24. The third kappa shape index (κ3) is 3.27. The molecule has 0 aromatic heterocycles. The number of hydrogen-bond donors (Lipinski definition) is 1. The molecule has 1 aromatic carbocycles. The Morgan fingerprint density at radius 2 is 2.05 bits per heavy atom. The van der Waals surface area contributed by atoms with Gasteiger partial charge in [-0.3, -0.25) is 4.79 Å². The van der Waals surface area contributed by atoms with E-state index in [9.17, 15) is 9.18 Å². The molecule has 1 N–H and O–H groups in total. The fraction of sp³-hybridized carbons (Fsp3) is 0.533. The Hall–Kier alpha value is -1.09. The number of hydrogen-bond acceptors (Lipinski definition) is 1. The first-order chi connectivity index (χ1) is 9.06. The highest BCUT2D eigenvalue weighted by Crippen LogP contribution is 2.29. The van der Waals surface area contributed by atoms with Crippen molar-refractivity contribution in [1.82, 2.24) is 5.32 Å². The van der Waals surface area contributed by atoms with E-state index in [1.807, 2.05) is 0 Å². The zero-order valence-electron chi connectivity index (χ0n) is 11.1. The summed E-state index contributed by atoms with van der Waals surface area (Å²) in [6.45, 7) is 1.68. The Bertz CT molecular complexity index is 469. The summed E-state index contributed by atoms with van der Waals surface area (Å²) in [7, 11) is 0. The molecule has 1 aliphatic rings. The second-order valence-corrected chi connectivity index (χ2v) is 5.66. The number of amides is 1. The number of aryl methyl sites for hydroxylation is 1. The molecule has 0 atom stereocenters. The Balaban J connectivity index is 2.12. The topological polar surface area (TPSA) is 29.1 Å². The van der Waals surface area contributed by atoms with E-state index < -0.39 is 0 Å². The van der Waals surface area contributed by atoms with Gasteiger partial charge in [0.15, 0.2) is 0 Å². The molecule has 0 unspecified atom stereocenters. The minimum absolute atomic E-state index is 0.235. The smallest absolute Gasteiger partial charge is 0.251 e. The summed E-state index contributed by atoms with van der Waals surface area (Å²) < 4.78 is 13.5. The minimum atomic E-state index is -0.351. The van der Waals surface area contributed by atoms with Crippen LogP contribution in [0.25, 0.3) is 0 Å². The van der Waals surface area contributed by atoms with Gasteiger partial charge in [-0.1, -0.05) is 25.3 Å². The molecule has 0 heterocycles. The molecule has 1 aromatic rings. The summed E-state index contributed by atoms with van der Waals surface area (Å²) in [5, 5.41) is 3.01. The van der Waals surface area contributed by atoms with Crippen LogP contribution in [0.1, 0.15) is 48.0 Å². The van der Waals surface area contributed by atoms with Crippen LogP contribution in [0.5, 0.6) is 0 Å². The average molecular weight is 284 g/mol. The van der Waals surface area contributed by atoms with Crippen LogP contribution in [0.3, 0.4) is 0 Å². The maximum absolute atomic E-state index is 13.5. The molecule has 1 amide bonds. The summed E-state index contributed by atoms with van der Waals surface area (Å²) in [6.07, 6.45) is 5.14. The first-order valence-electron chi connectivity index (χ1n) is 6.71. The molecular weight excluding hydrogens is 265 g/mol. The second kappa shape index (κ2) is 5.91. The lowest BCUT2D eigenvalue weighted by atomic mass is 9.83. The van der Waals surface area contributed by atoms with Crippen molar-refractivity contribution in [3.05, 3.63) is 35.1 Å². The number of nitrogens with one attached hydrogen (secondary N) is 1. The van der Waals surface area contributed by atoms with Crippen molar-refractivity contribution in [3.63, 3.8) is 0 Å². The Morgan fingerprint density at radius 3 is 2.63 bits per heavy atom. The van der Waals surface area contributed by atoms with Crippen LogP contribution in [-0.4, -0.2) is 17.3 Å². The molecule has 19 heavy (non-hydrogen) atoms. The Morgan fingerprint density at radius 1 is 1.37 bits per heavy atom. The molecule has 0 radical (unpaired) electrons. The van der Waals surface area contributed by atoms with E-state index in [1.54, 1.807) is 19.1 Å². The highest BCUT2D eigenvalue weighted by Gasteiger charge is 2.32. The predicted octanol–water partition coefficient (Wildman–Crippen LogP) is 3.81. The first kappa shape index (κ1) is 14.3. The number of benzene rings is 1. The van der Waals surface area contributed by atoms with Crippen molar-refractivity contribution < 1.29 is 9.18 Å². The van der Waals surface area contributed by atoms with E-state index in [0.29, 0.717) is 17.0 Å².